The van der Waals surface area contributed by atoms with Crippen molar-refractivity contribution in [3.8, 4) is 11.1 Å². The summed E-state index contributed by atoms with van der Waals surface area (Å²) in [5.41, 5.74) is 2.18. The van der Waals surface area contributed by atoms with Gasteiger partial charge < -0.3 is 15.1 Å². The Kier molecular flexibility index (Phi) is 4.04. The molecule has 0 aliphatic rings. The number of urea groups is 1. The summed E-state index contributed by atoms with van der Waals surface area (Å²) in [4.78, 5) is 12.5. The number of thiophene rings is 1. The summed E-state index contributed by atoms with van der Waals surface area (Å²) in [5.74, 6) is 0. The van der Waals surface area contributed by atoms with Gasteiger partial charge in [-0.1, -0.05) is 0 Å². The maximum Gasteiger partial charge on any atom is 0.315 e. The molecule has 2 aromatic rings. The van der Waals surface area contributed by atoms with Crippen LogP contribution >= 0.6 is 11.3 Å². The molecule has 0 saturated carbocycles. The van der Waals surface area contributed by atoms with Gasteiger partial charge in [0.2, 0.25) is 0 Å². The Balaban J connectivity index is 1.89. The SMILES string of the molecule is CC(C)NC(=O)NCc1cc(-c2ccoc2)cs1. The molecule has 0 atom stereocenters. The van der Waals surface area contributed by atoms with Gasteiger partial charge in [0.15, 0.2) is 0 Å². The standard InChI is InChI=1S/C13H16N2O2S/c1-9(2)15-13(16)14-6-12-5-11(8-18-12)10-3-4-17-7-10/h3-5,7-9H,6H2,1-2H3,(H2,14,15,16). The van der Waals surface area contributed by atoms with E-state index in [-0.39, 0.29) is 12.1 Å². The fourth-order valence-electron chi connectivity index (χ4n) is 1.53. The Morgan fingerprint density at radius 1 is 1.44 bits per heavy atom. The molecule has 2 rings (SSSR count). The van der Waals surface area contributed by atoms with Crippen LogP contribution in [0.2, 0.25) is 0 Å². The first-order chi connectivity index (χ1) is 8.65. The van der Waals surface area contributed by atoms with Crippen molar-refractivity contribution in [1.29, 1.82) is 0 Å². The first-order valence-corrected chi connectivity index (χ1v) is 6.67. The highest BCUT2D eigenvalue weighted by Gasteiger charge is 2.06. The zero-order chi connectivity index (χ0) is 13.0. The smallest absolute Gasteiger partial charge is 0.315 e. The summed E-state index contributed by atoms with van der Waals surface area (Å²) >= 11 is 1.62. The fraction of sp³-hybridized carbons (Fsp3) is 0.308. The molecule has 5 heteroatoms. The van der Waals surface area contributed by atoms with Gasteiger partial charge in [-0.25, -0.2) is 4.79 Å². The number of hydrogen-bond donors (Lipinski definition) is 2. The molecule has 2 aromatic heterocycles. The van der Waals surface area contributed by atoms with Crippen molar-refractivity contribution < 1.29 is 9.21 Å². The van der Waals surface area contributed by atoms with E-state index in [2.05, 4.69) is 22.1 Å². The molecule has 0 fully saturated rings. The monoisotopic (exact) mass is 264 g/mol. The maximum atomic E-state index is 11.4. The lowest BCUT2D eigenvalue weighted by Gasteiger charge is -2.08. The third-order valence-corrected chi connectivity index (χ3v) is 3.29. The number of rotatable bonds is 4. The normalized spacial score (nSPS) is 10.6. The van der Waals surface area contributed by atoms with E-state index < -0.39 is 0 Å². The van der Waals surface area contributed by atoms with Gasteiger partial charge >= 0.3 is 6.03 Å². The first kappa shape index (κ1) is 12.7. The molecular formula is C13H16N2O2S. The van der Waals surface area contributed by atoms with Crippen molar-refractivity contribution >= 4 is 17.4 Å². The number of hydrogen-bond acceptors (Lipinski definition) is 3. The van der Waals surface area contributed by atoms with Crippen LogP contribution in [0.3, 0.4) is 0 Å². The molecule has 2 N–H and O–H groups in total. The molecule has 0 saturated heterocycles. The number of amides is 2. The van der Waals surface area contributed by atoms with Gasteiger partial charge in [-0.05, 0) is 36.9 Å². The van der Waals surface area contributed by atoms with Gasteiger partial charge in [-0.3, -0.25) is 0 Å². The molecule has 0 bridgehead atoms. The molecule has 4 nitrogen and oxygen atoms in total. The molecular weight excluding hydrogens is 248 g/mol. The Hall–Kier alpha value is -1.75. The predicted molar refractivity (Wildman–Crippen MR) is 72.5 cm³/mol. The van der Waals surface area contributed by atoms with Crippen molar-refractivity contribution in [2.24, 2.45) is 0 Å². The van der Waals surface area contributed by atoms with Crippen molar-refractivity contribution in [2.45, 2.75) is 26.4 Å². The van der Waals surface area contributed by atoms with Crippen LogP contribution in [0.1, 0.15) is 18.7 Å². The van der Waals surface area contributed by atoms with Crippen LogP contribution in [0, 0.1) is 0 Å². The van der Waals surface area contributed by atoms with Crippen LogP contribution in [0.5, 0.6) is 0 Å². The Labute approximate surface area is 110 Å². The highest BCUT2D eigenvalue weighted by Crippen LogP contribution is 2.25. The van der Waals surface area contributed by atoms with Gasteiger partial charge in [0, 0.05) is 16.5 Å². The summed E-state index contributed by atoms with van der Waals surface area (Å²) < 4.78 is 5.04. The molecule has 96 valence electrons. The van der Waals surface area contributed by atoms with Gasteiger partial charge in [-0.15, -0.1) is 11.3 Å². The number of carbonyl (C=O) groups is 1. The average Bonchev–Trinajstić information content (AvgIpc) is 2.96. The third-order valence-electron chi connectivity index (χ3n) is 2.35. The van der Waals surface area contributed by atoms with Crippen molar-refractivity contribution in [3.63, 3.8) is 0 Å². The van der Waals surface area contributed by atoms with Gasteiger partial charge in [0.05, 0.1) is 19.1 Å². The first-order valence-electron chi connectivity index (χ1n) is 5.79. The van der Waals surface area contributed by atoms with E-state index in [0.29, 0.717) is 6.54 Å². The Morgan fingerprint density at radius 2 is 2.28 bits per heavy atom. The molecule has 2 heterocycles. The van der Waals surface area contributed by atoms with Crippen LogP contribution in [0.15, 0.2) is 34.5 Å². The largest absolute Gasteiger partial charge is 0.472 e. The summed E-state index contributed by atoms with van der Waals surface area (Å²) in [6, 6.07) is 3.99. The van der Waals surface area contributed by atoms with E-state index in [1.54, 1.807) is 23.9 Å². The van der Waals surface area contributed by atoms with E-state index in [4.69, 9.17) is 4.42 Å². The van der Waals surface area contributed by atoms with E-state index >= 15 is 0 Å². The fourth-order valence-corrected chi connectivity index (χ4v) is 2.37. The number of carbonyl (C=O) groups excluding carboxylic acids is 1. The second kappa shape index (κ2) is 5.73. The van der Waals surface area contributed by atoms with Crippen LogP contribution in [-0.4, -0.2) is 12.1 Å². The van der Waals surface area contributed by atoms with Crippen molar-refractivity contribution in [3.05, 3.63) is 34.9 Å². The minimum Gasteiger partial charge on any atom is -0.472 e. The van der Waals surface area contributed by atoms with Crippen molar-refractivity contribution in [1.82, 2.24) is 10.6 Å². The van der Waals surface area contributed by atoms with Gasteiger partial charge in [0.25, 0.3) is 0 Å². The lowest BCUT2D eigenvalue weighted by molar-refractivity contribution is 0.238. The lowest BCUT2D eigenvalue weighted by Crippen LogP contribution is -2.38. The van der Waals surface area contributed by atoms with Crippen LogP contribution in [0.4, 0.5) is 4.79 Å². The highest BCUT2D eigenvalue weighted by molar-refractivity contribution is 7.10. The summed E-state index contributed by atoms with van der Waals surface area (Å²) in [6.45, 7) is 4.41. The van der Waals surface area contributed by atoms with E-state index in [1.807, 2.05) is 19.9 Å². The Bertz CT molecular complexity index is 503. The van der Waals surface area contributed by atoms with E-state index in [0.717, 1.165) is 16.0 Å². The van der Waals surface area contributed by atoms with Crippen LogP contribution in [-0.2, 0) is 6.54 Å². The quantitative estimate of drug-likeness (QED) is 0.891. The summed E-state index contributed by atoms with van der Waals surface area (Å²) in [5, 5.41) is 7.67. The molecule has 0 aliphatic carbocycles. The molecule has 0 aliphatic heterocycles. The molecule has 0 unspecified atom stereocenters. The van der Waals surface area contributed by atoms with Crippen LogP contribution in [0.25, 0.3) is 11.1 Å². The Morgan fingerprint density at radius 3 is 2.94 bits per heavy atom. The zero-order valence-corrected chi connectivity index (χ0v) is 11.2. The van der Waals surface area contributed by atoms with E-state index in [1.165, 1.54) is 0 Å². The minimum absolute atomic E-state index is 0.136. The molecule has 18 heavy (non-hydrogen) atoms. The van der Waals surface area contributed by atoms with Crippen molar-refractivity contribution in [2.75, 3.05) is 0 Å². The molecule has 0 aromatic carbocycles. The van der Waals surface area contributed by atoms with Gasteiger partial charge in [0.1, 0.15) is 0 Å². The second-order valence-electron chi connectivity index (χ2n) is 4.30. The predicted octanol–water partition coefficient (Wildman–Crippen LogP) is 3.22. The summed E-state index contributed by atoms with van der Waals surface area (Å²) in [7, 11) is 0. The second-order valence-corrected chi connectivity index (χ2v) is 5.29. The van der Waals surface area contributed by atoms with E-state index in [9.17, 15) is 4.79 Å². The molecule has 2 amide bonds. The third kappa shape index (κ3) is 3.37. The highest BCUT2D eigenvalue weighted by atomic mass is 32.1. The number of nitrogens with one attached hydrogen (secondary N) is 2. The molecule has 0 spiro atoms. The average molecular weight is 264 g/mol. The molecule has 0 radical (unpaired) electrons. The minimum atomic E-state index is -0.136. The number of furan rings is 1. The maximum absolute atomic E-state index is 11.4. The zero-order valence-electron chi connectivity index (χ0n) is 10.4. The summed E-state index contributed by atoms with van der Waals surface area (Å²) in [6.07, 6.45) is 3.37. The topological polar surface area (TPSA) is 54.3 Å². The van der Waals surface area contributed by atoms with Crippen LogP contribution < -0.4 is 10.6 Å². The van der Waals surface area contributed by atoms with Gasteiger partial charge in [-0.2, -0.15) is 0 Å². The lowest BCUT2D eigenvalue weighted by atomic mass is 10.2.